The van der Waals surface area contributed by atoms with Crippen LogP contribution < -0.4 is 5.73 Å². The van der Waals surface area contributed by atoms with Gasteiger partial charge in [-0.05, 0) is 17.2 Å². The van der Waals surface area contributed by atoms with Gasteiger partial charge in [0.15, 0.2) is 0 Å². The molecule has 1 heterocycles. The monoisotopic (exact) mass is 214 g/mol. The van der Waals surface area contributed by atoms with Gasteiger partial charge in [-0.3, -0.25) is 4.98 Å². The van der Waals surface area contributed by atoms with E-state index in [0.29, 0.717) is 12.1 Å². The van der Waals surface area contributed by atoms with Gasteiger partial charge in [-0.1, -0.05) is 30.3 Å². The highest BCUT2D eigenvalue weighted by atomic mass is 16.3. The fourth-order valence-electron chi connectivity index (χ4n) is 1.61. The Morgan fingerprint density at radius 1 is 1.19 bits per heavy atom. The summed E-state index contributed by atoms with van der Waals surface area (Å²) in [4.78, 5) is 4.00. The third kappa shape index (κ3) is 2.38. The van der Waals surface area contributed by atoms with Gasteiger partial charge >= 0.3 is 0 Å². The Bertz CT molecular complexity index is 456. The molecule has 0 aliphatic carbocycles. The second kappa shape index (κ2) is 4.77. The van der Waals surface area contributed by atoms with Crippen LogP contribution in [0.4, 0.5) is 5.69 Å². The number of pyridine rings is 1. The van der Waals surface area contributed by atoms with Crippen molar-refractivity contribution in [2.75, 3.05) is 5.73 Å². The first-order valence-electron chi connectivity index (χ1n) is 5.19. The van der Waals surface area contributed by atoms with Gasteiger partial charge in [-0.15, -0.1) is 0 Å². The molecule has 0 saturated carbocycles. The number of aliphatic hydroxyl groups excluding tert-OH is 1. The van der Waals surface area contributed by atoms with Crippen LogP contribution in [-0.2, 0) is 6.42 Å². The van der Waals surface area contributed by atoms with E-state index in [0.717, 1.165) is 11.1 Å². The SMILES string of the molecule is Nc1ccncc1CC(O)c1ccccc1. The van der Waals surface area contributed by atoms with E-state index in [4.69, 9.17) is 5.73 Å². The third-order valence-electron chi connectivity index (χ3n) is 2.54. The molecule has 0 fully saturated rings. The third-order valence-corrected chi connectivity index (χ3v) is 2.54. The molecule has 0 aliphatic heterocycles. The first-order valence-corrected chi connectivity index (χ1v) is 5.19. The lowest BCUT2D eigenvalue weighted by atomic mass is 10.0. The second-order valence-corrected chi connectivity index (χ2v) is 3.71. The standard InChI is InChI=1S/C13H14N2O/c14-12-6-7-15-9-11(12)8-13(16)10-4-2-1-3-5-10/h1-7,9,13,16H,8H2,(H2,14,15). The fraction of sp³-hybridized carbons (Fsp3) is 0.154. The van der Waals surface area contributed by atoms with Gasteiger partial charge in [0, 0.05) is 24.5 Å². The van der Waals surface area contributed by atoms with E-state index < -0.39 is 6.10 Å². The van der Waals surface area contributed by atoms with Gasteiger partial charge < -0.3 is 10.8 Å². The van der Waals surface area contributed by atoms with E-state index in [2.05, 4.69) is 4.98 Å². The van der Waals surface area contributed by atoms with Crippen LogP contribution in [0.1, 0.15) is 17.2 Å². The van der Waals surface area contributed by atoms with Crippen LogP contribution >= 0.6 is 0 Å². The molecule has 82 valence electrons. The largest absolute Gasteiger partial charge is 0.398 e. The van der Waals surface area contributed by atoms with Gasteiger partial charge in [-0.25, -0.2) is 0 Å². The molecule has 0 bridgehead atoms. The van der Waals surface area contributed by atoms with Crippen molar-refractivity contribution in [1.82, 2.24) is 4.98 Å². The van der Waals surface area contributed by atoms with Crippen LogP contribution in [0.3, 0.4) is 0 Å². The highest BCUT2D eigenvalue weighted by Gasteiger charge is 2.09. The molecule has 2 aromatic rings. The lowest BCUT2D eigenvalue weighted by molar-refractivity contribution is 0.178. The van der Waals surface area contributed by atoms with Crippen molar-refractivity contribution in [1.29, 1.82) is 0 Å². The summed E-state index contributed by atoms with van der Waals surface area (Å²) in [6.45, 7) is 0. The normalized spacial score (nSPS) is 12.3. The van der Waals surface area contributed by atoms with Crippen LogP contribution in [0.5, 0.6) is 0 Å². The Hall–Kier alpha value is -1.87. The summed E-state index contributed by atoms with van der Waals surface area (Å²) in [5.74, 6) is 0. The molecule has 0 radical (unpaired) electrons. The Kier molecular flexibility index (Phi) is 3.17. The molecule has 1 atom stereocenters. The highest BCUT2D eigenvalue weighted by molar-refractivity contribution is 5.45. The van der Waals surface area contributed by atoms with Crippen molar-refractivity contribution in [3.8, 4) is 0 Å². The summed E-state index contributed by atoms with van der Waals surface area (Å²) >= 11 is 0. The van der Waals surface area contributed by atoms with Crippen molar-refractivity contribution in [3.05, 3.63) is 59.9 Å². The molecule has 0 saturated heterocycles. The topological polar surface area (TPSA) is 59.1 Å². The number of aromatic nitrogens is 1. The van der Waals surface area contributed by atoms with Crippen molar-refractivity contribution >= 4 is 5.69 Å². The van der Waals surface area contributed by atoms with Crippen LogP contribution in [0.25, 0.3) is 0 Å². The Morgan fingerprint density at radius 3 is 2.62 bits per heavy atom. The van der Waals surface area contributed by atoms with Gasteiger partial charge in [-0.2, -0.15) is 0 Å². The minimum Gasteiger partial charge on any atom is -0.398 e. The number of hydrogen-bond acceptors (Lipinski definition) is 3. The average molecular weight is 214 g/mol. The Morgan fingerprint density at radius 2 is 1.94 bits per heavy atom. The second-order valence-electron chi connectivity index (χ2n) is 3.71. The molecule has 0 spiro atoms. The van der Waals surface area contributed by atoms with Gasteiger partial charge in [0.2, 0.25) is 0 Å². The predicted octanol–water partition coefficient (Wildman–Crippen LogP) is 1.94. The van der Waals surface area contributed by atoms with Crippen LogP contribution in [0, 0.1) is 0 Å². The number of rotatable bonds is 3. The van der Waals surface area contributed by atoms with Gasteiger partial charge in [0.05, 0.1) is 6.10 Å². The van der Waals surface area contributed by atoms with Crippen molar-refractivity contribution in [2.24, 2.45) is 0 Å². The molecule has 3 heteroatoms. The minimum atomic E-state index is -0.535. The molecular formula is C13H14N2O. The Labute approximate surface area is 94.6 Å². The number of nitrogens with two attached hydrogens (primary N) is 1. The van der Waals surface area contributed by atoms with E-state index in [-0.39, 0.29) is 0 Å². The average Bonchev–Trinajstić information content (AvgIpc) is 2.33. The molecular weight excluding hydrogens is 200 g/mol. The molecule has 3 nitrogen and oxygen atoms in total. The molecule has 1 aromatic heterocycles. The molecule has 1 unspecified atom stereocenters. The van der Waals surface area contributed by atoms with Crippen LogP contribution in [0.15, 0.2) is 48.8 Å². The molecule has 3 N–H and O–H groups in total. The molecule has 0 amide bonds. The molecule has 2 rings (SSSR count). The smallest absolute Gasteiger partial charge is 0.0831 e. The zero-order valence-electron chi connectivity index (χ0n) is 8.88. The van der Waals surface area contributed by atoms with E-state index in [1.807, 2.05) is 30.3 Å². The number of hydrogen-bond donors (Lipinski definition) is 2. The van der Waals surface area contributed by atoms with E-state index >= 15 is 0 Å². The maximum atomic E-state index is 10.0. The van der Waals surface area contributed by atoms with E-state index in [1.54, 1.807) is 18.5 Å². The summed E-state index contributed by atoms with van der Waals surface area (Å²) in [6, 6.07) is 11.3. The number of aliphatic hydroxyl groups is 1. The minimum absolute atomic E-state index is 0.490. The zero-order chi connectivity index (χ0) is 11.4. The summed E-state index contributed by atoms with van der Waals surface area (Å²) in [7, 11) is 0. The lowest BCUT2D eigenvalue weighted by Gasteiger charge is -2.11. The molecule has 0 aliphatic rings. The molecule has 16 heavy (non-hydrogen) atoms. The van der Waals surface area contributed by atoms with Gasteiger partial charge in [0.25, 0.3) is 0 Å². The number of anilines is 1. The summed E-state index contributed by atoms with van der Waals surface area (Å²) in [5.41, 5.74) is 8.24. The lowest BCUT2D eigenvalue weighted by Crippen LogP contribution is -2.04. The Balaban J connectivity index is 2.14. The number of nitrogens with zero attached hydrogens (tertiary/aromatic N) is 1. The quantitative estimate of drug-likeness (QED) is 0.820. The van der Waals surface area contributed by atoms with Gasteiger partial charge in [0.1, 0.15) is 0 Å². The molecule has 1 aromatic carbocycles. The highest BCUT2D eigenvalue weighted by Crippen LogP contribution is 2.20. The maximum Gasteiger partial charge on any atom is 0.0831 e. The van der Waals surface area contributed by atoms with Crippen molar-refractivity contribution in [3.63, 3.8) is 0 Å². The fourth-order valence-corrected chi connectivity index (χ4v) is 1.61. The summed E-state index contributed by atoms with van der Waals surface area (Å²) < 4.78 is 0. The van der Waals surface area contributed by atoms with Crippen molar-refractivity contribution < 1.29 is 5.11 Å². The van der Waals surface area contributed by atoms with Crippen LogP contribution in [-0.4, -0.2) is 10.1 Å². The first kappa shape index (κ1) is 10.6. The van der Waals surface area contributed by atoms with Crippen LogP contribution in [0.2, 0.25) is 0 Å². The first-order chi connectivity index (χ1) is 7.77. The maximum absolute atomic E-state index is 10.0. The van der Waals surface area contributed by atoms with Crippen molar-refractivity contribution in [2.45, 2.75) is 12.5 Å². The number of benzene rings is 1. The predicted molar refractivity (Wildman–Crippen MR) is 63.8 cm³/mol. The number of nitrogen functional groups attached to an aromatic ring is 1. The summed E-state index contributed by atoms with van der Waals surface area (Å²) in [5, 5.41) is 10.0. The summed E-state index contributed by atoms with van der Waals surface area (Å²) in [6.07, 6.45) is 3.30. The van der Waals surface area contributed by atoms with E-state index in [9.17, 15) is 5.11 Å². The zero-order valence-corrected chi connectivity index (χ0v) is 8.88. The van der Waals surface area contributed by atoms with E-state index in [1.165, 1.54) is 0 Å².